The summed E-state index contributed by atoms with van der Waals surface area (Å²) < 4.78 is 0.900. The molecule has 18 heavy (non-hydrogen) atoms. The molecule has 1 aromatic carbocycles. The molecule has 0 atom stereocenters. The largest absolute Gasteiger partial charge is 0.507 e. The van der Waals surface area contributed by atoms with Crippen LogP contribution in [0.1, 0.15) is 11.1 Å². The molecule has 0 spiro atoms. The van der Waals surface area contributed by atoms with Gasteiger partial charge >= 0.3 is 0 Å². The number of nitrogens with one attached hydrogen (secondary N) is 1. The maximum atomic E-state index is 9.86. The molecule has 92 valence electrons. The Hall–Kier alpha value is -1.88. The molecule has 0 saturated heterocycles. The third-order valence-corrected chi connectivity index (χ3v) is 2.80. The average Bonchev–Trinajstić information content (AvgIpc) is 2.36. The van der Waals surface area contributed by atoms with Crippen LogP contribution in [0.3, 0.4) is 0 Å². The number of hydrogen-bond acceptors (Lipinski definition) is 4. The maximum Gasteiger partial charge on any atom is 0.146 e. The van der Waals surface area contributed by atoms with E-state index in [9.17, 15) is 5.11 Å². The first-order valence-corrected chi connectivity index (χ1v) is 6.15. The quantitative estimate of drug-likeness (QED) is 0.675. The van der Waals surface area contributed by atoms with E-state index in [1.165, 1.54) is 0 Å². The molecule has 4 nitrogen and oxygen atoms in total. The van der Waals surface area contributed by atoms with E-state index in [4.69, 9.17) is 0 Å². The Morgan fingerprint density at radius 3 is 2.94 bits per heavy atom. The Bertz CT molecular complexity index is 570. The van der Waals surface area contributed by atoms with Crippen LogP contribution in [0.15, 0.2) is 46.1 Å². The van der Waals surface area contributed by atoms with Gasteiger partial charge in [-0.3, -0.25) is 5.43 Å². The van der Waals surface area contributed by atoms with Crippen LogP contribution in [-0.2, 0) is 0 Å². The van der Waals surface area contributed by atoms with Crippen LogP contribution in [-0.4, -0.2) is 16.3 Å². The second-order valence-corrected chi connectivity index (χ2v) is 4.66. The van der Waals surface area contributed by atoms with Crippen LogP contribution < -0.4 is 5.43 Å². The summed E-state index contributed by atoms with van der Waals surface area (Å²) in [6, 6.07) is 9.15. The van der Waals surface area contributed by atoms with Gasteiger partial charge < -0.3 is 5.11 Å². The van der Waals surface area contributed by atoms with E-state index >= 15 is 0 Å². The standard InChI is InChI=1S/C13H12BrN3O/c1-9-6-11(14)7-10(13(9)18)8-16-17-12-4-2-3-5-15-12/h2-8,18H,1H3,(H,15,17)/b16-8+. The second-order valence-electron chi connectivity index (χ2n) is 3.75. The molecule has 0 aliphatic rings. The first-order chi connectivity index (χ1) is 8.66. The fraction of sp³-hybridized carbons (Fsp3) is 0.0769. The lowest BCUT2D eigenvalue weighted by Crippen LogP contribution is -1.93. The van der Waals surface area contributed by atoms with Gasteiger partial charge in [-0.05, 0) is 36.8 Å². The number of nitrogens with zero attached hydrogens (tertiary/aromatic N) is 2. The Labute approximate surface area is 114 Å². The molecule has 1 heterocycles. The van der Waals surface area contributed by atoms with Gasteiger partial charge in [-0.1, -0.05) is 22.0 Å². The first kappa shape index (κ1) is 12.6. The number of halogens is 1. The van der Waals surface area contributed by atoms with E-state index in [-0.39, 0.29) is 5.75 Å². The zero-order chi connectivity index (χ0) is 13.0. The Morgan fingerprint density at radius 2 is 2.22 bits per heavy atom. The van der Waals surface area contributed by atoms with Gasteiger partial charge in [0.1, 0.15) is 11.6 Å². The van der Waals surface area contributed by atoms with Crippen LogP contribution in [0, 0.1) is 6.92 Å². The van der Waals surface area contributed by atoms with Crippen molar-refractivity contribution in [3.63, 3.8) is 0 Å². The zero-order valence-electron chi connectivity index (χ0n) is 9.76. The van der Waals surface area contributed by atoms with Crippen molar-refractivity contribution in [2.45, 2.75) is 6.92 Å². The molecule has 0 fully saturated rings. The predicted molar refractivity (Wildman–Crippen MR) is 76.0 cm³/mol. The molecule has 0 radical (unpaired) electrons. The Kier molecular flexibility index (Phi) is 3.94. The molecule has 0 aliphatic carbocycles. The number of aryl methyl sites for hydroxylation is 1. The number of aromatic hydroxyl groups is 1. The van der Waals surface area contributed by atoms with Gasteiger partial charge in [-0.15, -0.1) is 0 Å². The zero-order valence-corrected chi connectivity index (χ0v) is 11.3. The van der Waals surface area contributed by atoms with E-state index in [0.29, 0.717) is 11.4 Å². The second kappa shape index (κ2) is 5.64. The van der Waals surface area contributed by atoms with Gasteiger partial charge in [0.25, 0.3) is 0 Å². The van der Waals surface area contributed by atoms with Gasteiger partial charge in [0.15, 0.2) is 0 Å². The molecule has 2 N–H and O–H groups in total. The van der Waals surface area contributed by atoms with Gasteiger partial charge in [-0.25, -0.2) is 4.98 Å². The number of benzene rings is 1. The minimum atomic E-state index is 0.227. The van der Waals surface area contributed by atoms with Gasteiger partial charge in [-0.2, -0.15) is 5.10 Å². The fourth-order valence-corrected chi connectivity index (χ4v) is 2.05. The van der Waals surface area contributed by atoms with Crippen molar-refractivity contribution in [1.29, 1.82) is 0 Å². The number of hydrazone groups is 1. The summed E-state index contributed by atoms with van der Waals surface area (Å²) in [6.45, 7) is 1.84. The topological polar surface area (TPSA) is 57.5 Å². The van der Waals surface area contributed by atoms with Crippen LogP contribution in [0.4, 0.5) is 5.82 Å². The molecular formula is C13H12BrN3O. The molecule has 2 rings (SSSR count). The number of pyridine rings is 1. The summed E-state index contributed by atoms with van der Waals surface area (Å²) in [5, 5.41) is 13.9. The molecule has 0 aliphatic heterocycles. The molecule has 0 saturated carbocycles. The smallest absolute Gasteiger partial charge is 0.146 e. The molecule has 0 unspecified atom stereocenters. The Morgan fingerprint density at radius 1 is 1.39 bits per heavy atom. The fourth-order valence-electron chi connectivity index (χ4n) is 1.46. The van der Waals surface area contributed by atoms with Crippen LogP contribution >= 0.6 is 15.9 Å². The Balaban J connectivity index is 2.15. The molecule has 0 amide bonds. The monoisotopic (exact) mass is 305 g/mol. The van der Waals surface area contributed by atoms with E-state index in [2.05, 4.69) is 31.4 Å². The normalized spacial score (nSPS) is 10.8. The van der Waals surface area contributed by atoms with Gasteiger partial charge in [0.05, 0.1) is 6.21 Å². The third kappa shape index (κ3) is 3.07. The van der Waals surface area contributed by atoms with Gasteiger partial charge in [0, 0.05) is 16.2 Å². The van der Waals surface area contributed by atoms with E-state index in [1.54, 1.807) is 18.5 Å². The highest BCUT2D eigenvalue weighted by Gasteiger charge is 2.03. The van der Waals surface area contributed by atoms with E-state index < -0.39 is 0 Å². The summed E-state index contributed by atoms with van der Waals surface area (Å²) in [6.07, 6.45) is 3.24. The SMILES string of the molecule is Cc1cc(Br)cc(/C=N/Nc2ccccn2)c1O. The van der Waals surface area contributed by atoms with Crippen molar-refractivity contribution in [3.8, 4) is 5.75 Å². The summed E-state index contributed by atoms with van der Waals surface area (Å²) in [5.41, 5.74) is 4.23. The van der Waals surface area contributed by atoms with Crippen LogP contribution in [0.25, 0.3) is 0 Å². The lowest BCUT2D eigenvalue weighted by atomic mass is 10.1. The minimum Gasteiger partial charge on any atom is -0.507 e. The molecule has 1 aromatic heterocycles. The highest BCUT2D eigenvalue weighted by molar-refractivity contribution is 9.10. The lowest BCUT2D eigenvalue weighted by molar-refractivity contribution is 0.470. The molecule has 0 bridgehead atoms. The number of aromatic nitrogens is 1. The summed E-state index contributed by atoms with van der Waals surface area (Å²) >= 11 is 3.38. The van der Waals surface area contributed by atoms with Crippen molar-refractivity contribution in [3.05, 3.63) is 52.1 Å². The van der Waals surface area contributed by atoms with E-state index in [1.807, 2.05) is 31.2 Å². The molecule has 5 heteroatoms. The number of anilines is 1. The third-order valence-electron chi connectivity index (χ3n) is 2.34. The van der Waals surface area contributed by atoms with Crippen LogP contribution in [0.5, 0.6) is 5.75 Å². The summed E-state index contributed by atoms with van der Waals surface area (Å²) in [5.74, 6) is 0.879. The minimum absolute atomic E-state index is 0.227. The van der Waals surface area contributed by atoms with Crippen molar-refractivity contribution in [2.75, 3.05) is 5.43 Å². The highest BCUT2D eigenvalue weighted by atomic mass is 79.9. The number of hydrogen-bond donors (Lipinski definition) is 2. The van der Waals surface area contributed by atoms with Crippen molar-refractivity contribution in [1.82, 2.24) is 4.98 Å². The first-order valence-electron chi connectivity index (χ1n) is 5.36. The molecular weight excluding hydrogens is 294 g/mol. The maximum absolute atomic E-state index is 9.86. The predicted octanol–water partition coefficient (Wildman–Crippen LogP) is 3.30. The van der Waals surface area contributed by atoms with Crippen LogP contribution in [0.2, 0.25) is 0 Å². The molecule has 2 aromatic rings. The number of rotatable bonds is 3. The van der Waals surface area contributed by atoms with Crippen molar-refractivity contribution in [2.24, 2.45) is 5.10 Å². The number of phenolic OH excluding ortho intramolecular Hbond substituents is 1. The summed E-state index contributed by atoms with van der Waals surface area (Å²) in [7, 11) is 0. The number of phenols is 1. The van der Waals surface area contributed by atoms with E-state index in [0.717, 1.165) is 10.0 Å². The highest BCUT2D eigenvalue weighted by Crippen LogP contribution is 2.25. The van der Waals surface area contributed by atoms with Crippen molar-refractivity contribution >= 4 is 28.0 Å². The van der Waals surface area contributed by atoms with Crippen molar-refractivity contribution < 1.29 is 5.11 Å². The van der Waals surface area contributed by atoms with Gasteiger partial charge in [0.2, 0.25) is 0 Å². The summed E-state index contributed by atoms with van der Waals surface area (Å²) in [4.78, 5) is 4.07. The lowest BCUT2D eigenvalue weighted by Gasteiger charge is -2.04. The average molecular weight is 306 g/mol.